The van der Waals surface area contributed by atoms with Crippen LogP contribution in [0, 0.1) is 12.8 Å². The molecule has 0 N–H and O–H groups in total. The number of fused-ring (bicyclic) bond motifs is 1. The zero-order chi connectivity index (χ0) is 10.1. The quantitative estimate of drug-likeness (QED) is 0.556. The largest absolute Gasteiger partial charge is 3.00 e. The molecule has 0 unspecified atom stereocenters. The monoisotopic (exact) mass is 345 g/mol. The summed E-state index contributed by atoms with van der Waals surface area (Å²) in [5.41, 5.74) is 2.82. The number of aryl methyl sites for hydroxylation is 1. The van der Waals surface area contributed by atoms with Gasteiger partial charge in [-0.05, 0) is 12.3 Å². The molecule has 0 fully saturated rings. The molecule has 0 atom stereocenters. The van der Waals surface area contributed by atoms with Crippen LogP contribution in [0.25, 0.3) is 10.8 Å². The molecule has 0 aliphatic rings. The van der Waals surface area contributed by atoms with Crippen molar-refractivity contribution in [2.75, 3.05) is 0 Å². The van der Waals surface area contributed by atoms with Gasteiger partial charge in [0.2, 0.25) is 0 Å². The molecule has 0 aliphatic heterocycles. The van der Waals surface area contributed by atoms with Crippen LogP contribution < -0.4 is 24.8 Å². The van der Waals surface area contributed by atoms with Crippen molar-refractivity contribution in [2.24, 2.45) is 5.92 Å². The SMILES string of the molecule is Cc1cc2cc(CC(C)C)ccc2[cH-]1.[Cl-].[Cl-].[Zr+3]. The fraction of sp³-hybridized carbons (Fsp3) is 0.357. The number of benzene rings is 1. The molecule has 0 aromatic heterocycles. The van der Waals surface area contributed by atoms with Gasteiger partial charge >= 0.3 is 26.2 Å². The summed E-state index contributed by atoms with van der Waals surface area (Å²) in [7, 11) is 0. The number of halogens is 2. The normalized spacial score (nSPS) is 9.41. The average Bonchev–Trinajstić information content (AvgIpc) is 2.42. The fourth-order valence-electron chi connectivity index (χ4n) is 2.01. The molecule has 0 amide bonds. The van der Waals surface area contributed by atoms with E-state index in [2.05, 4.69) is 51.1 Å². The first-order valence-electron chi connectivity index (χ1n) is 5.31. The minimum absolute atomic E-state index is 0. The molecule has 0 bridgehead atoms. The van der Waals surface area contributed by atoms with Crippen LogP contribution in [-0.4, -0.2) is 0 Å². The molecular formula is C14H17Cl2Zr. The van der Waals surface area contributed by atoms with Crippen molar-refractivity contribution >= 4 is 10.8 Å². The topological polar surface area (TPSA) is 0 Å². The van der Waals surface area contributed by atoms with E-state index in [1.807, 2.05) is 0 Å². The molecule has 1 radical (unpaired) electrons. The van der Waals surface area contributed by atoms with Crippen molar-refractivity contribution in [3.05, 3.63) is 41.5 Å². The maximum absolute atomic E-state index is 2.32. The summed E-state index contributed by atoms with van der Waals surface area (Å²) in [4.78, 5) is 0. The standard InChI is InChI=1S/C14H17.2ClH.Zr/c1-10(2)6-12-4-5-13-7-11(3)8-14(13)9-12;;;/h4-5,7-10H,6H2,1-3H3;2*1H;/q-1;;;+3/p-2. The number of hydrogen-bond donors (Lipinski definition) is 0. The van der Waals surface area contributed by atoms with E-state index in [0.29, 0.717) is 0 Å². The minimum Gasteiger partial charge on any atom is -1.00 e. The summed E-state index contributed by atoms with van der Waals surface area (Å²) in [5.74, 6) is 0.739. The molecule has 3 heteroatoms. The van der Waals surface area contributed by atoms with E-state index >= 15 is 0 Å². The van der Waals surface area contributed by atoms with Crippen molar-refractivity contribution in [2.45, 2.75) is 27.2 Å². The molecule has 2 aromatic carbocycles. The van der Waals surface area contributed by atoms with Crippen molar-refractivity contribution in [3.63, 3.8) is 0 Å². The van der Waals surface area contributed by atoms with Crippen LogP contribution >= 0.6 is 0 Å². The second-order valence-electron chi connectivity index (χ2n) is 4.59. The molecule has 17 heavy (non-hydrogen) atoms. The fourth-order valence-corrected chi connectivity index (χ4v) is 2.01. The van der Waals surface area contributed by atoms with Gasteiger partial charge in [0.25, 0.3) is 0 Å². The summed E-state index contributed by atoms with van der Waals surface area (Å²) >= 11 is 0. The molecular weight excluding hydrogens is 330 g/mol. The molecule has 91 valence electrons. The summed E-state index contributed by atoms with van der Waals surface area (Å²) in [6.45, 7) is 6.68. The van der Waals surface area contributed by atoms with Gasteiger partial charge in [-0.2, -0.15) is 6.07 Å². The van der Waals surface area contributed by atoms with E-state index < -0.39 is 0 Å². The molecule has 0 aliphatic carbocycles. The Morgan fingerprint density at radius 3 is 2.35 bits per heavy atom. The van der Waals surface area contributed by atoms with Crippen LogP contribution in [0.1, 0.15) is 25.0 Å². The number of rotatable bonds is 2. The van der Waals surface area contributed by atoms with Crippen LogP contribution in [0.5, 0.6) is 0 Å². The molecule has 0 saturated heterocycles. The van der Waals surface area contributed by atoms with Crippen LogP contribution in [-0.2, 0) is 32.6 Å². The summed E-state index contributed by atoms with van der Waals surface area (Å²) < 4.78 is 0. The smallest absolute Gasteiger partial charge is 1.00 e. The first-order chi connectivity index (χ1) is 6.65. The van der Waals surface area contributed by atoms with Crippen molar-refractivity contribution in [1.29, 1.82) is 0 Å². The van der Waals surface area contributed by atoms with Gasteiger partial charge in [0.1, 0.15) is 0 Å². The van der Waals surface area contributed by atoms with Crippen molar-refractivity contribution in [1.82, 2.24) is 0 Å². The number of hydrogen-bond acceptors (Lipinski definition) is 0. The van der Waals surface area contributed by atoms with E-state index in [4.69, 9.17) is 0 Å². The van der Waals surface area contributed by atoms with Gasteiger partial charge in [-0.1, -0.05) is 26.3 Å². The Hall–Kier alpha value is 0.293. The zero-order valence-corrected chi connectivity index (χ0v) is 14.4. The Morgan fingerprint density at radius 1 is 1.12 bits per heavy atom. The first-order valence-corrected chi connectivity index (χ1v) is 5.31. The predicted octanol–water partition coefficient (Wildman–Crippen LogP) is -1.93. The van der Waals surface area contributed by atoms with Crippen molar-refractivity contribution in [3.8, 4) is 0 Å². The Bertz CT molecular complexity index is 446. The molecule has 0 spiro atoms. The Balaban J connectivity index is 0. The minimum atomic E-state index is 0. The Labute approximate surface area is 135 Å². The van der Waals surface area contributed by atoms with E-state index in [1.54, 1.807) is 0 Å². The second-order valence-corrected chi connectivity index (χ2v) is 4.59. The molecule has 0 nitrogen and oxygen atoms in total. The van der Waals surface area contributed by atoms with Gasteiger partial charge in [0.05, 0.1) is 0 Å². The summed E-state index contributed by atoms with van der Waals surface area (Å²) in [6, 6.07) is 11.3. The van der Waals surface area contributed by atoms with Crippen LogP contribution in [0.3, 0.4) is 0 Å². The Kier molecular flexibility index (Phi) is 9.70. The maximum atomic E-state index is 2.32. The van der Waals surface area contributed by atoms with Gasteiger partial charge < -0.3 is 24.8 Å². The second kappa shape index (κ2) is 8.40. The molecule has 0 heterocycles. The van der Waals surface area contributed by atoms with E-state index in [1.165, 1.54) is 28.3 Å². The van der Waals surface area contributed by atoms with Crippen molar-refractivity contribution < 1.29 is 51.0 Å². The van der Waals surface area contributed by atoms with Gasteiger partial charge in [-0.25, -0.2) is 0 Å². The third-order valence-corrected chi connectivity index (χ3v) is 2.56. The average molecular weight is 347 g/mol. The predicted molar refractivity (Wildman–Crippen MR) is 62.8 cm³/mol. The summed E-state index contributed by atoms with van der Waals surface area (Å²) in [6.07, 6.45) is 1.18. The zero-order valence-electron chi connectivity index (χ0n) is 10.4. The van der Waals surface area contributed by atoms with E-state index in [9.17, 15) is 0 Å². The van der Waals surface area contributed by atoms with Gasteiger partial charge in [-0.15, -0.1) is 40.6 Å². The van der Waals surface area contributed by atoms with Crippen LogP contribution in [0.15, 0.2) is 30.3 Å². The first kappa shape index (κ1) is 19.6. The van der Waals surface area contributed by atoms with Gasteiger partial charge in [-0.3, -0.25) is 0 Å². The van der Waals surface area contributed by atoms with Gasteiger partial charge in [0, 0.05) is 0 Å². The van der Waals surface area contributed by atoms with E-state index in [0.717, 1.165) is 5.92 Å². The van der Waals surface area contributed by atoms with E-state index in [-0.39, 0.29) is 51.0 Å². The van der Waals surface area contributed by atoms with Crippen LogP contribution in [0.2, 0.25) is 0 Å². The summed E-state index contributed by atoms with van der Waals surface area (Å²) in [5, 5.41) is 2.76. The van der Waals surface area contributed by atoms with Gasteiger partial charge in [0.15, 0.2) is 0 Å². The molecule has 2 aromatic rings. The molecule has 0 saturated carbocycles. The third-order valence-electron chi connectivity index (χ3n) is 2.56. The maximum Gasteiger partial charge on any atom is 3.00 e. The Morgan fingerprint density at radius 2 is 1.76 bits per heavy atom. The van der Waals surface area contributed by atoms with Crippen LogP contribution in [0.4, 0.5) is 0 Å². The molecule has 2 rings (SSSR count). The third kappa shape index (κ3) is 5.20.